The third-order valence-corrected chi connectivity index (χ3v) is 2.63. The molecular weight excluding hydrogens is 270 g/mol. The number of aliphatic imine (C=N–C) groups is 1. The summed E-state index contributed by atoms with van der Waals surface area (Å²) in [6.07, 6.45) is 0. The normalized spacial score (nSPS) is 11.1. The summed E-state index contributed by atoms with van der Waals surface area (Å²) in [5.74, 6) is 2.14. The molecule has 0 amide bonds. The molecule has 118 valence electrons. The van der Waals surface area contributed by atoms with Crippen molar-refractivity contribution in [1.82, 2.24) is 5.32 Å². The van der Waals surface area contributed by atoms with Gasteiger partial charge in [-0.05, 0) is 26.0 Å². The van der Waals surface area contributed by atoms with Crippen molar-refractivity contribution in [2.24, 2.45) is 4.99 Å². The average molecular weight is 295 g/mol. The molecule has 0 heterocycles. The maximum Gasteiger partial charge on any atom is 0.195 e. The van der Waals surface area contributed by atoms with Crippen molar-refractivity contribution in [3.63, 3.8) is 0 Å². The minimum atomic E-state index is 0.588. The Labute approximate surface area is 126 Å². The van der Waals surface area contributed by atoms with Gasteiger partial charge in [-0.3, -0.25) is 4.99 Å². The molecule has 0 atom stereocenters. The van der Waals surface area contributed by atoms with Crippen LogP contribution >= 0.6 is 0 Å². The molecule has 1 aromatic rings. The Balaban J connectivity index is 2.75. The number of ether oxygens (including phenoxy) is 3. The van der Waals surface area contributed by atoms with Crippen LogP contribution in [0, 0.1) is 0 Å². The van der Waals surface area contributed by atoms with Gasteiger partial charge in [0.05, 0.1) is 19.8 Å². The summed E-state index contributed by atoms with van der Waals surface area (Å²) in [6.45, 7) is 6.39. The van der Waals surface area contributed by atoms with Crippen molar-refractivity contribution < 1.29 is 14.2 Å². The fourth-order valence-electron chi connectivity index (χ4n) is 1.72. The van der Waals surface area contributed by atoms with Gasteiger partial charge in [0, 0.05) is 32.5 Å². The van der Waals surface area contributed by atoms with E-state index in [0.717, 1.165) is 17.2 Å². The molecule has 6 heteroatoms. The topological polar surface area (TPSA) is 64.1 Å². The molecule has 0 radical (unpaired) electrons. The molecule has 0 aliphatic carbocycles. The fraction of sp³-hybridized carbons (Fsp3) is 0.533. The highest BCUT2D eigenvalue weighted by Crippen LogP contribution is 2.30. The van der Waals surface area contributed by atoms with E-state index in [4.69, 9.17) is 14.2 Å². The molecule has 0 saturated heterocycles. The van der Waals surface area contributed by atoms with Gasteiger partial charge < -0.3 is 24.8 Å². The second-order valence-corrected chi connectivity index (χ2v) is 4.14. The Kier molecular flexibility index (Phi) is 8.04. The van der Waals surface area contributed by atoms with E-state index in [-0.39, 0.29) is 0 Å². The molecule has 0 spiro atoms. The Morgan fingerprint density at radius 2 is 1.86 bits per heavy atom. The van der Waals surface area contributed by atoms with Crippen LogP contribution in [0.5, 0.6) is 11.5 Å². The number of benzene rings is 1. The summed E-state index contributed by atoms with van der Waals surface area (Å²) in [5.41, 5.74) is 0.882. The van der Waals surface area contributed by atoms with Gasteiger partial charge in [0.2, 0.25) is 0 Å². The molecule has 0 aliphatic rings. The SMILES string of the molecule is CCOc1ccc(NC(=NC)NCCOC)cc1OCC. The van der Waals surface area contributed by atoms with E-state index >= 15 is 0 Å². The number of nitrogens with one attached hydrogen (secondary N) is 2. The van der Waals surface area contributed by atoms with Crippen molar-refractivity contribution in [1.29, 1.82) is 0 Å². The zero-order valence-electron chi connectivity index (χ0n) is 13.2. The third kappa shape index (κ3) is 5.91. The number of rotatable bonds is 8. The molecule has 0 aliphatic heterocycles. The molecule has 0 unspecified atom stereocenters. The second kappa shape index (κ2) is 9.88. The molecule has 1 rings (SSSR count). The van der Waals surface area contributed by atoms with E-state index in [0.29, 0.717) is 32.3 Å². The van der Waals surface area contributed by atoms with Crippen LogP contribution in [0.1, 0.15) is 13.8 Å². The molecule has 0 aromatic heterocycles. The molecule has 0 saturated carbocycles. The lowest BCUT2D eigenvalue weighted by molar-refractivity contribution is 0.204. The van der Waals surface area contributed by atoms with Crippen molar-refractivity contribution >= 4 is 11.6 Å². The van der Waals surface area contributed by atoms with Crippen LogP contribution in [0.25, 0.3) is 0 Å². The number of hydrogen-bond acceptors (Lipinski definition) is 4. The van der Waals surface area contributed by atoms with Crippen LogP contribution in [0.15, 0.2) is 23.2 Å². The van der Waals surface area contributed by atoms with Gasteiger partial charge in [-0.2, -0.15) is 0 Å². The van der Waals surface area contributed by atoms with E-state index in [1.165, 1.54) is 0 Å². The van der Waals surface area contributed by atoms with Crippen molar-refractivity contribution in [3.05, 3.63) is 18.2 Å². The van der Waals surface area contributed by atoms with Gasteiger partial charge in [-0.15, -0.1) is 0 Å². The van der Waals surface area contributed by atoms with E-state index < -0.39 is 0 Å². The Morgan fingerprint density at radius 3 is 2.48 bits per heavy atom. The molecule has 21 heavy (non-hydrogen) atoms. The van der Waals surface area contributed by atoms with Gasteiger partial charge in [0.15, 0.2) is 17.5 Å². The lowest BCUT2D eigenvalue weighted by Gasteiger charge is -2.15. The number of anilines is 1. The summed E-state index contributed by atoms with van der Waals surface area (Å²) >= 11 is 0. The van der Waals surface area contributed by atoms with Crippen LogP contribution < -0.4 is 20.1 Å². The van der Waals surface area contributed by atoms with Crippen LogP contribution in [0.2, 0.25) is 0 Å². The summed E-state index contributed by atoms with van der Waals surface area (Å²) in [7, 11) is 3.39. The average Bonchev–Trinajstić information content (AvgIpc) is 2.49. The predicted octanol–water partition coefficient (Wildman–Crippen LogP) is 2.12. The van der Waals surface area contributed by atoms with E-state index in [2.05, 4.69) is 15.6 Å². The largest absolute Gasteiger partial charge is 0.490 e. The standard InChI is InChI=1S/C15H25N3O3/c1-5-20-13-8-7-12(11-14(13)21-6-2)18-15(16-3)17-9-10-19-4/h7-8,11H,5-6,9-10H2,1-4H3,(H2,16,17,18). The monoisotopic (exact) mass is 295 g/mol. The first-order valence-electron chi connectivity index (χ1n) is 7.11. The molecule has 0 fully saturated rings. The van der Waals surface area contributed by atoms with Crippen LogP contribution in [-0.2, 0) is 4.74 Å². The number of guanidine groups is 1. The van der Waals surface area contributed by atoms with Crippen molar-refractivity contribution in [2.45, 2.75) is 13.8 Å². The second-order valence-electron chi connectivity index (χ2n) is 4.14. The van der Waals surface area contributed by atoms with E-state index in [1.807, 2.05) is 32.0 Å². The zero-order valence-corrected chi connectivity index (χ0v) is 13.2. The first kappa shape index (κ1) is 17.1. The minimum Gasteiger partial charge on any atom is -0.490 e. The number of nitrogens with zero attached hydrogens (tertiary/aromatic N) is 1. The third-order valence-electron chi connectivity index (χ3n) is 2.63. The minimum absolute atomic E-state index is 0.588. The van der Waals surface area contributed by atoms with Gasteiger partial charge in [0.1, 0.15) is 0 Å². The van der Waals surface area contributed by atoms with Gasteiger partial charge in [-0.25, -0.2) is 0 Å². The Hall–Kier alpha value is -1.95. The van der Waals surface area contributed by atoms with Crippen molar-refractivity contribution in [2.75, 3.05) is 45.8 Å². The fourth-order valence-corrected chi connectivity index (χ4v) is 1.72. The quantitative estimate of drug-likeness (QED) is 0.437. The molecule has 2 N–H and O–H groups in total. The maximum atomic E-state index is 5.60. The van der Waals surface area contributed by atoms with Crippen LogP contribution in [0.4, 0.5) is 5.69 Å². The summed E-state index contributed by atoms with van der Waals surface area (Å²) in [6, 6.07) is 5.72. The highest BCUT2D eigenvalue weighted by atomic mass is 16.5. The first-order valence-corrected chi connectivity index (χ1v) is 7.11. The Bertz CT molecular complexity index is 450. The van der Waals surface area contributed by atoms with Crippen LogP contribution in [0.3, 0.4) is 0 Å². The first-order chi connectivity index (χ1) is 10.2. The molecule has 0 bridgehead atoms. The van der Waals surface area contributed by atoms with Crippen LogP contribution in [-0.4, -0.2) is 46.5 Å². The predicted molar refractivity (Wildman–Crippen MR) is 85.6 cm³/mol. The molecule has 6 nitrogen and oxygen atoms in total. The summed E-state index contributed by atoms with van der Waals surface area (Å²) in [5, 5.41) is 6.36. The van der Waals surface area contributed by atoms with E-state index in [1.54, 1.807) is 14.2 Å². The lowest BCUT2D eigenvalue weighted by atomic mass is 10.2. The zero-order chi connectivity index (χ0) is 15.5. The Morgan fingerprint density at radius 1 is 1.14 bits per heavy atom. The van der Waals surface area contributed by atoms with Gasteiger partial charge in [0.25, 0.3) is 0 Å². The van der Waals surface area contributed by atoms with Gasteiger partial charge >= 0.3 is 0 Å². The molecular formula is C15H25N3O3. The van der Waals surface area contributed by atoms with Gasteiger partial charge in [-0.1, -0.05) is 0 Å². The highest BCUT2D eigenvalue weighted by molar-refractivity contribution is 5.93. The summed E-state index contributed by atoms with van der Waals surface area (Å²) < 4.78 is 16.1. The smallest absolute Gasteiger partial charge is 0.195 e. The maximum absolute atomic E-state index is 5.60. The highest BCUT2D eigenvalue weighted by Gasteiger charge is 2.07. The van der Waals surface area contributed by atoms with Crippen molar-refractivity contribution in [3.8, 4) is 11.5 Å². The summed E-state index contributed by atoms with van der Waals surface area (Å²) in [4.78, 5) is 4.16. The molecule has 1 aromatic carbocycles. The number of methoxy groups -OCH3 is 1. The number of hydrogen-bond donors (Lipinski definition) is 2. The lowest BCUT2D eigenvalue weighted by Crippen LogP contribution is -2.33. The van der Waals surface area contributed by atoms with E-state index in [9.17, 15) is 0 Å².